The van der Waals surface area contributed by atoms with Crippen molar-refractivity contribution in [1.29, 1.82) is 0 Å². The molecule has 3 atom stereocenters. The number of nitrogens with zero attached hydrogens (tertiary/aromatic N) is 1. The maximum absolute atomic E-state index is 13.2. The molecule has 0 bridgehead atoms. The Kier molecular flexibility index (Phi) is 6.59. The number of hydrogen-bond acceptors (Lipinski definition) is 6. The zero-order valence-electron chi connectivity index (χ0n) is 20.3. The second kappa shape index (κ2) is 9.69. The van der Waals surface area contributed by atoms with E-state index in [4.69, 9.17) is 4.74 Å². The summed E-state index contributed by atoms with van der Waals surface area (Å²) < 4.78 is 35.2. The number of para-hydroxylation sites is 4. The third-order valence-corrected chi connectivity index (χ3v) is 8.41. The van der Waals surface area contributed by atoms with E-state index in [9.17, 15) is 18.3 Å². The maximum atomic E-state index is 13.2. The standard InChI is InChI=1S/C28H30N2O5S/c1-18(2)27(31)19-14-16-20(17-15-19)36(33,34)29-21-8-7-11-24(28(21)32)30-22-9-3-5-12-25(22)35-26-13-6-4-10-23(26)30/h3-6,9-10,12-18,21,24,28-29,32H,7-8,11H2,1-2H3/t21-,24?,28+/m1/s1. The van der Waals surface area contributed by atoms with E-state index in [0.29, 0.717) is 29.9 Å². The number of anilines is 2. The maximum Gasteiger partial charge on any atom is 0.240 e. The minimum absolute atomic E-state index is 0.0384. The van der Waals surface area contributed by atoms with Crippen LogP contribution in [-0.2, 0) is 10.0 Å². The number of Topliss-reactive ketones (excluding diaryl/α,β-unsaturated/α-hetero) is 1. The quantitative estimate of drug-likeness (QED) is 0.456. The predicted octanol–water partition coefficient (Wildman–Crippen LogP) is 5.03. The molecule has 0 spiro atoms. The van der Waals surface area contributed by atoms with Crippen molar-refractivity contribution in [2.24, 2.45) is 5.92 Å². The molecule has 1 saturated carbocycles. The number of aliphatic hydroxyl groups is 1. The van der Waals surface area contributed by atoms with E-state index in [-0.39, 0.29) is 22.6 Å². The highest BCUT2D eigenvalue weighted by molar-refractivity contribution is 7.89. The SMILES string of the molecule is CC(C)C(=O)c1ccc(S(=O)(=O)N[C@@H]2CCCC(N3c4ccccc4Oc4ccccc43)[C@H]2O)cc1. The Morgan fingerprint density at radius 3 is 2.11 bits per heavy atom. The van der Waals surface area contributed by atoms with Gasteiger partial charge in [-0.25, -0.2) is 13.1 Å². The number of aliphatic hydroxyl groups excluding tert-OH is 1. The van der Waals surface area contributed by atoms with Crippen molar-refractivity contribution in [3.05, 3.63) is 78.4 Å². The van der Waals surface area contributed by atoms with Crippen molar-refractivity contribution < 1.29 is 23.1 Å². The Morgan fingerprint density at radius 1 is 0.944 bits per heavy atom. The highest BCUT2D eigenvalue weighted by Gasteiger charge is 2.41. The van der Waals surface area contributed by atoms with Crippen molar-refractivity contribution in [3.8, 4) is 11.5 Å². The first-order valence-corrected chi connectivity index (χ1v) is 13.7. The highest BCUT2D eigenvalue weighted by Crippen LogP contribution is 2.49. The molecule has 8 heteroatoms. The Labute approximate surface area is 211 Å². The smallest absolute Gasteiger partial charge is 0.240 e. The monoisotopic (exact) mass is 506 g/mol. The fraction of sp³-hybridized carbons (Fsp3) is 0.321. The molecular formula is C28H30N2O5S. The lowest BCUT2D eigenvalue weighted by Crippen LogP contribution is -2.56. The lowest BCUT2D eigenvalue weighted by molar-refractivity contribution is 0.0807. The van der Waals surface area contributed by atoms with Gasteiger partial charge in [-0.15, -0.1) is 0 Å². The molecule has 1 fully saturated rings. The number of sulfonamides is 1. The molecule has 7 nitrogen and oxygen atoms in total. The predicted molar refractivity (Wildman–Crippen MR) is 138 cm³/mol. The molecule has 1 aliphatic carbocycles. The molecular weight excluding hydrogens is 476 g/mol. The lowest BCUT2D eigenvalue weighted by Gasteiger charge is -2.44. The Hall–Kier alpha value is -3.20. The summed E-state index contributed by atoms with van der Waals surface area (Å²) in [7, 11) is -3.90. The molecule has 36 heavy (non-hydrogen) atoms. The van der Waals surface area contributed by atoms with Gasteiger partial charge in [-0.3, -0.25) is 4.79 Å². The van der Waals surface area contributed by atoms with E-state index in [1.807, 2.05) is 48.5 Å². The highest BCUT2D eigenvalue weighted by atomic mass is 32.2. The number of ketones is 1. The molecule has 3 aromatic rings. The van der Waals surface area contributed by atoms with Crippen LogP contribution in [0.5, 0.6) is 11.5 Å². The van der Waals surface area contributed by atoms with Crippen LogP contribution < -0.4 is 14.4 Å². The van der Waals surface area contributed by atoms with E-state index in [0.717, 1.165) is 17.8 Å². The summed E-state index contributed by atoms with van der Waals surface area (Å²) in [5.74, 6) is 1.18. The second-order valence-corrected chi connectivity index (χ2v) is 11.4. The van der Waals surface area contributed by atoms with Gasteiger partial charge in [0.25, 0.3) is 0 Å². The largest absolute Gasteiger partial charge is 0.453 e. The molecule has 2 N–H and O–H groups in total. The third kappa shape index (κ3) is 4.52. The number of carbonyl (C=O) groups excluding carboxylic acids is 1. The van der Waals surface area contributed by atoms with Gasteiger partial charge in [0.15, 0.2) is 17.3 Å². The molecule has 1 unspecified atom stereocenters. The van der Waals surface area contributed by atoms with E-state index in [1.54, 1.807) is 26.0 Å². The third-order valence-electron chi connectivity index (χ3n) is 6.90. The summed E-state index contributed by atoms with van der Waals surface area (Å²) in [6, 6.07) is 20.3. The zero-order chi connectivity index (χ0) is 25.4. The van der Waals surface area contributed by atoms with Gasteiger partial charge in [-0.05, 0) is 55.7 Å². The van der Waals surface area contributed by atoms with E-state index >= 15 is 0 Å². The average molecular weight is 507 g/mol. The summed E-state index contributed by atoms with van der Waals surface area (Å²) in [5, 5.41) is 11.5. The van der Waals surface area contributed by atoms with Gasteiger partial charge in [-0.2, -0.15) is 0 Å². The van der Waals surface area contributed by atoms with Crippen molar-refractivity contribution in [2.45, 2.75) is 56.2 Å². The van der Waals surface area contributed by atoms with Crippen molar-refractivity contribution in [1.82, 2.24) is 4.72 Å². The van der Waals surface area contributed by atoms with Crippen LogP contribution in [0.25, 0.3) is 0 Å². The van der Waals surface area contributed by atoms with Crippen LogP contribution in [0.4, 0.5) is 11.4 Å². The minimum Gasteiger partial charge on any atom is -0.453 e. The number of rotatable bonds is 6. The van der Waals surface area contributed by atoms with Crippen LogP contribution in [0.3, 0.4) is 0 Å². The van der Waals surface area contributed by atoms with Crippen LogP contribution in [0.15, 0.2) is 77.7 Å². The van der Waals surface area contributed by atoms with Crippen molar-refractivity contribution in [3.63, 3.8) is 0 Å². The van der Waals surface area contributed by atoms with Crippen LogP contribution in [-0.4, -0.2) is 37.5 Å². The first kappa shape index (κ1) is 24.5. The molecule has 3 aromatic carbocycles. The topological polar surface area (TPSA) is 95.9 Å². The van der Waals surface area contributed by atoms with E-state index in [1.165, 1.54) is 12.1 Å². The summed E-state index contributed by atoms with van der Waals surface area (Å²) in [6.45, 7) is 3.61. The average Bonchev–Trinajstić information content (AvgIpc) is 2.88. The number of nitrogens with one attached hydrogen (secondary N) is 1. The van der Waals surface area contributed by atoms with Gasteiger partial charge in [0, 0.05) is 11.5 Å². The Morgan fingerprint density at radius 2 is 1.53 bits per heavy atom. The van der Waals surface area contributed by atoms with Gasteiger partial charge < -0.3 is 14.7 Å². The van der Waals surface area contributed by atoms with Gasteiger partial charge in [0.2, 0.25) is 10.0 Å². The van der Waals surface area contributed by atoms with Gasteiger partial charge in [-0.1, -0.05) is 50.2 Å². The lowest BCUT2D eigenvalue weighted by atomic mass is 9.86. The summed E-state index contributed by atoms with van der Waals surface area (Å²) in [4.78, 5) is 14.4. The van der Waals surface area contributed by atoms with Crippen molar-refractivity contribution in [2.75, 3.05) is 4.90 Å². The van der Waals surface area contributed by atoms with Gasteiger partial charge in [0.05, 0.1) is 34.5 Å². The van der Waals surface area contributed by atoms with Crippen LogP contribution in [0.1, 0.15) is 43.5 Å². The molecule has 0 saturated heterocycles. The molecule has 1 heterocycles. The summed E-state index contributed by atoms with van der Waals surface area (Å²) in [6.07, 6.45) is 1.02. The number of benzene rings is 3. The number of fused-ring (bicyclic) bond motifs is 2. The van der Waals surface area contributed by atoms with E-state index in [2.05, 4.69) is 9.62 Å². The number of carbonyl (C=O) groups is 1. The Bertz CT molecular complexity index is 1330. The number of hydrogen-bond donors (Lipinski definition) is 2. The van der Waals surface area contributed by atoms with Crippen LogP contribution in [0.2, 0.25) is 0 Å². The normalized spacial score (nSPS) is 21.4. The summed E-state index contributed by atoms with van der Waals surface area (Å²) >= 11 is 0. The first-order valence-electron chi connectivity index (χ1n) is 12.3. The Balaban J connectivity index is 1.41. The molecule has 188 valence electrons. The van der Waals surface area contributed by atoms with Gasteiger partial charge >= 0.3 is 0 Å². The summed E-state index contributed by atoms with van der Waals surface area (Å²) in [5.41, 5.74) is 2.16. The second-order valence-electron chi connectivity index (χ2n) is 9.67. The molecule has 0 aromatic heterocycles. The first-order chi connectivity index (χ1) is 17.3. The van der Waals surface area contributed by atoms with Gasteiger partial charge in [0.1, 0.15) is 0 Å². The fourth-order valence-corrected chi connectivity index (χ4v) is 6.34. The van der Waals surface area contributed by atoms with E-state index < -0.39 is 22.2 Å². The minimum atomic E-state index is -3.90. The molecule has 0 amide bonds. The molecule has 0 radical (unpaired) electrons. The van der Waals surface area contributed by atoms with Crippen LogP contribution in [0, 0.1) is 5.92 Å². The van der Waals surface area contributed by atoms with Crippen LogP contribution >= 0.6 is 0 Å². The zero-order valence-corrected chi connectivity index (χ0v) is 21.1. The molecule has 2 aliphatic rings. The van der Waals surface area contributed by atoms with Crippen molar-refractivity contribution >= 4 is 27.2 Å². The molecule has 5 rings (SSSR count). The fourth-order valence-electron chi connectivity index (χ4n) is 5.06. The molecule has 1 aliphatic heterocycles. The number of ether oxygens (including phenoxy) is 1.